The number of hydrogen-bond acceptors (Lipinski definition) is 2. The van der Waals surface area contributed by atoms with Gasteiger partial charge >= 0.3 is 0 Å². The van der Waals surface area contributed by atoms with Crippen LogP contribution in [-0.2, 0) is 6.61 Å². The van der Waals surface area contributed by atoms with Gasteiger partial charge in [0.1, 0.15) is 18.2 Å². The molecule has 0 radical (unpaired) electrons. The summed E-state index contributed by atoms with van der Waals surface area (Å²) in [4.78, 5) is 0. The molecule has 0 saturated heterocycles. The highest BCUT2D eigenvalue weighted by molar-refractivity contribution is 9.10. The minimum Gasteiger partial charge on any atom is -0.488 e. The molecule has 0 atom stereocenters. The molecule has 0 fully saturated rings. The van der Waals surface area contributed by atoms with Crippen molar-refractivity contribution in [2.24, 2.45) is 0 Å². The van der Waals surface area contributed by atoms with E-state index in [2.05, 4.69) is 21.0 Å². The number of rotatable bonds is 4. The van der Waals surface area contributed by atoms with Crippen molar-refractivity contribution in [2.45, 2.75) is 6.61 Å². The fourth-order valence-electron chi connectivity index (χ4n) is 1.91. The van der Waals surface area contributed by atoms with E-state index in [-0.39, 0.29) is 5.82 Å². The molecule has 0 aliphatic carbocycles. The van der Waals surface area contributed by atoms with E-state index >= 15 is 0 Å². The molecule has 3 nitrogen and oxygen atoms in total. The molecular weight excluding hydrogens is 335 g/mol. The Morgan fingerprint density at radius 2 is 1.95 bits per heavy atom. The second-order valence-electron chi connectivity index (χ2n) is 4.49. The van der Waals surface area contributed by atoms with E-state index in [1.807, 2.05) is 36.5 Å². The van der Waals surface area contributed by atoms with Crippen molar-refractivity contribution >= 4 is 15.9 Å². The summed E-state index contributed by atoms with van der Waals surface area (Å²) in [5.41, 5.74) is 1.93. The summed E-state index contributed by atoms with van der Waals surface area (Å²) < 4.78 is 21.0. The zero-order valence-corrected chi connectivity index (χ0v) is 12.6. The van der Waals surface area contributed by atoms with Crippen LogP contribution in [0.5, 0.6) is 5.75 Å². The van der Waals surface area contributed by atoms with Crippen molar-refractivity contribution in [3.8, 4) is 11.4 Å². The molecule has 2 aromatic carbocycles. The molecule has 0 aliphatic rings. The van der Waals surface area contributed by atoms with Gasteiger partial charge in [-0.15, -0.1) is 0 Å². The summed E-state index contributed by atoms with van der Waals surface area (Å²) in [6, 6.07) is 14.2. The van der Waals surface area contributed by atoms with Crippen LogP contribution >= 0.6 is 15.9 Å². The van der Waals surface area contributed by atoms with Crippen molar-refractivity contribution in [1.82, 2.24) is 9.78 Å². The molecule has 0 saturated carbocycles. The summed E-state index contributed by atoms with van der Waals surface area (Å²) >= 11 is 3.28. The van der Waals surface area contributed by atoms with Crippen LogP contribution in [0.25, 0.3) is 5.69 Å². The second kappa shape index (κ2) is 6.10. The number of benzene rings is 2. The minimum atomic E-state index is -0.300. The average Bonchev–Trinajstić information content (AvgIpc) is 2.96. The molecule has 5 heteroatoms. The molecule has 106 valence electrons. The van der Waals surface area contributed by atoms with Crippen molar-refractivity contribution in [1.29, 1.82) is 0 Å². The molecule has 1 heterocycles. The summed E-state index contributed by atoms with van der Waals surface area (Å²) in [5, 5.41) is 4.30. The van der Waals surface area contributed by atoms with Gasteiger partial charge in [0.05, 0.1) is 16.4 Å². The number of hydrogen-bond donors (Lipinski definition) is 0. The maximum atomic E-state index is 13.0. The van der Waals surface area contributed by atoms with E-state index in [1.54, 1.807) is 16.9 Å². The maximum Gasteiger partial charge on any atom is 0.134 e. The van der Waals surface area contributed by atoms with Gasteiger partial charge in [0, 0.05) is 11.8 Å². The van der Waals surface area contributed by atoms with Crippen molar-refractivity contribution in [3.05, 3.63) is 76.8 Å². The largest absolute Gasteiger partial charge is 0.488 e. The predicted octanol–water partition coefficient (Wildman–Crippen LogP) is 4.35. The molecule has 1 aromatic heterocycles. The van der Waals surface area contributed by atoms with Crippen LogP contribution in [0.4, 0.5) is 4.39 Å². The Hall–Kier alpha value is -2.14. The first-order valence-corrected chi connectivity index (χ1v) is 7.18. The molecular formula is C16H12BrFN2O. The van der Waals surface area contributed by atoms with Crippen molar-refractivity contribution in [2.75, 3.05) is 0 Å². The Morgan fingerprint density at radius 1 is 1.14 bits per heavy atom. The van der Waals surface area contributed by atoms with Gasteiger partial charge in [-0.3, -0.25) is 0 Å². The van der Waals surface area contributed by atoms with E-state index in [0.717, 1.165) is 11.3 Å². The third kappa shape index (κ3) is 3.31. The van der Waals surface area contributed by atoms with Crippen LogP contribution in [-0.4, -0.2) is 9.78 Å². The molecule has 3 aromatic rings. The van der Waals surface area contributed by atoms with Crippen LogP contribution in [0.15, 0.2) is 65.4 Å². The van der Waals surface area contributed by atoms with Crippen molar-refractivity contribution in [3.63, 3.8) is 0 Å². The zero-order valence-electron chi connectivity index (χ0n) is 11.0. The molecule has 21 heavy (non-hydrogen) atoms. The van der Waals surface area contributed by atoms with Gasteiger partial charge in [-0.2, -0.15) is 5.10 Å². The SMILES string of the molecule is Fc1ccc(OCc2cnn(-c3ccccc3)c2)c(Br)c1. The van der Waals surface area contributed by atoms with E-state index < -0.39 is 0 Å². The van der Waals surface area contributed by atoms with Gasteiger partial charge in [-0.05, 0) is 46.3 Å². The summed E-state index contributed by atoms with van der Waals surface area (Å²) in [7, 11) is 0. The van der Waals surface area contributed by atoms with Crippen LogP contribution in [0.2, 0.25) is 0 Å². The van der Waals surface area contributed by atoms with Gasteiger partial charge in [-0.1, -0.05) is 18.2 Å². The third-order valence-corrected chi connectivity index (χ3v) is 3.56. The van der Waals surface area contributed by atoms with E-state index in [9.17, 15) is 4.39 Å². The normalized spacial score (nSPS) is 10.6. The topological polar surface area (TPSA) is 27.1 Å². The van der Waals surface area contributed by atoms with Crippen LogP contribution in [0.3, 0.4) is 0 Å². The van der Waals surface area contributed by atoms with Gasteiger partial charge in [0.2, 0.25) is 0 Å². The first-order chi connectivity index (χ1) is 10.2. The highest BCUT2D eigenvalue weighted by Gasteiger charge is 2.05. The molecule has 3 rings (SSSR count). The molecule has 0 unspecified atom stereocenters. The minimum absolute atomic E-state index is 0.300. The monoisotopic (exact) mass is 346 g/mol. The highest BCUT2D eigenvalue weighted by Crippen LogP contribution is 2.26. The van der Waals surface area contributed by atoms with Gasteiger partial charge in [-0.25, -0.2) is 9.07 Å². The fourth-order valence-corrected chi connectivity index (χ4v) is 2.38. The molecule has 0 amide bonds. The van der Waals surface area contributed by atoms with E-state index in [1.165, 1.54) is 12.1 Å². The average molecular weight is 347 g/mol. The summed E-state index contributed by atoms with van der Waals surface area (Å²) in [5.74, 6) is 0.301. The maximum absolute atomic E-state index is 13.0. The number of halogens is 2. The molecule has 0 bridgehead atoms. The smallest absolute Gasteiger partial charge is 0.134 e. The van der Waals surface area contributed by atoms with Crippen LogP contribution < -0.4 is 4.74 Å². The first kappa shape index (κ1) is 13.8. The molecule has 0 aliphatic heterocycles. The van der Waals surface area contributed by atoms with E-state index in [0.29, 0.717) is 16.8 Å². The summed E-state index contributed by atoms with van der Waals surface area (Å²) in [6.07, 6.45) is 3.66. The second-order valence-corrected chi connectivity index (χ2v) is 5.35. The fraction of sp³-hybridized carbons (Fsp3) is 0.0625. The predicted molar refractivity (Wildman–Crippen MR) is 82.0 cm³/mol. The van der Waals surface area contributed by atoms with Crippen molar-refractivity contribution < 1.29 is 9.13 Å². The number of nitrogens with zero attached hydrogens (tertiary/aromatic N) is 2. The molecule has 0 spiro atoms. The zero-order chi connectivity index (χ0) is 14.7. The van der Waals surface area contributed by atoms with Gasteiger partial charge in [0.25, 0.3) is 0 Å². The standard InChI is InChI=1S/C16H12BrFN2O/c17-15-8-13(18)6-7-16(15)21-11-12-9-19-20(10-12)14-4-2-1-3-5-14/h1-10H,11H2. The molecule has 0 N–H and O–H groups in total. The first-order valence-electron chi connectivity index (χ1n) is 6.39. The Kier molecular flexibility index (Phi) is 4.01. The lowest BCUT2D eigenvalue weighted by atomic mass is 10.3. The lowest BCUT2D eigenvalue weighted by Gasteiger charge is -2.06. The number of aromatic nitrogens is 2. The highest BCUT2D eigenvalue weighted by atomic mass is 79.9. The Labute approximate surface area is 130 Å². The van der Waals surface area contributed by atoms with E-state index in [4.69, 9.17) is 4.74 Å². The third-order valence-electron chi connectivity index (χ3n) is 2.95. The van der Waals surface area contributed by atoms with Gasteiger partial charge in [0.15, 0.2) is 0 Å². The quantitative estimate of drug-likeness (QED) is 0.702. The van der Waals surface area contributed by atoms with Gasteiger partial charge < -0.3 is 4.74 Å². The Balaban J connectivity index is 1.70. The van der Waals surface area contributed by atoms with Crippen LogP contribution in [0.1, 0.15) is 5.56 Å². The number of ether oxygens (including phenoxy) is 1. The lowest BCUT2D eigenvalue weighted by Crippen LogP contribution is -1.96. The summed E-state index contributed by atoms with van der Waals surface area (Å²) in [6.45, 7) is 0.372. The Morgan fingerprint density at radius 3 is 2.71 bits per heavy atom. The number of para-hydroxylation sites is 1. The Bertz CT molecular complexity index is 743. The van der Waals surface area contributed by atoms with Crippen LogP contribution in [0, 0.1) is 5.82 Å². The lowest BCUT2D eigenvalue weighted by molar-refractivity contribution is 0.303.